The van der Waals surface area contributed by atoms with Crippen LogP contribution in [0.4, 0.5) is 23.2 Å². The molecule has 1 amide bonds. The summed E-state index contributed by atoms with van der Waals surface area (Å²) in [5.41, 5.74) is 0.521. The predicted octanol–water partition coefficient (Wildman–Crippen LogP) is 7.28. The van der Waals surface area contributed by atoms with Crippen molar-refractivity contribution in [1.29, 1.82) is 0 Å². The number of halogens is 4. The van der Waals surface area contributed by atoms with Crippen LogP contribution in [0.15, 0.2) is 41.2 Å². The Morgan fingerprint density at radius 2 is 1.74 bits per heavy atom. The zero-order valence-corrected chi connectivity index (χ0v) is 24.0. The summed E-state index contributed by atoms with van der Waals surface area (Å²) in [5.74, 6) is 2.06. The van der Waals surface area contributed by atoms with E-state index in [-0.39, 0.29) is 22.2 Å². The number of hydrogen-bond acceptors (Lipinski definition) is 5. The van der Waals surface area contributed by atoms with E-state index in [1.54, 1.807) is 0 Å². The van der Waals surface area contributed by atoms with Crippen LogP contribution in [0.2, 0.25) is 0 Å². The molecule has 0 saturated heterocycles. The van der Waals surface area contributed by atoms with E-state index >= 15 is 0 Å². The van der Waals surface area contributed by atoms with Crippen LogP contribution in [0.1, 0.15) is 94.7 Å². The van der Waals surface area contributed by atoms with Crippen LogP contribution in [0.5, 0.6) is 0 Å². The Kier molecular flexibility index (Phi) is 5.81. The molecular weight excluding hydrogens is 562 g/mol. The van der Waals surface area contributed by atoms with Gasteiger partial charge >= 0.3 is 6.18 Å². The number of carbonyl (C=O) groups excluding carboxylic acids is 1. The van der Waals surface area contributed by atoms with Crippen LogP contribution in [0.3, 0.4) is 0 Å². The Hall–Kier alpha value is -3.24. The average Bonchev–Trinajstić information content (AvgIpc) is 3.48. The van der Waals surface area contributed by atoms with Crippen molar-refractivity contribution in [2.75, 3.05) is 11.4 Å². The molecule has 11 heteroatoms. The molecule has 0 N–H and O–H groups in total. The minimum absolute atomic E-state index is 0.00516. The third-order valence-corrected chi connectivity index (χ3v) is 11.1. The second-order valence-corrected chi connectivity index (χ2v) is 14.4. The van der Waals surface area contributed by atoms with Crippen LogP contribution in [-0.2, 0) is 16.8 Å². The maximum atomic E-state index is 14.3. The number of anilines is 1. The number of hydrogen-bond donors (Lipinski definition) is 0. The molecule has 0 radical (unpaired) electrons. The highest BCUT2D eigenvalue weighted by molar-refractivity contribution is 5.95. The zero-order chi connectivity index (χ0) is 29.7. The van der Waals surface area contributed by atoms with Gasteiger partial charge in [0, 0.05) is 41.7 Å². The third-order valence-electron chi connectivity index (χ3n) is 11.1. The minimum atomic E-state index is -4.37. The van der Waals surface area contributed by atoms with Crippen molar-refractivity contribution in [1.82, 2.24) is 19.9 Å². The fourth-order valence-corrected chi connectivity index (χ4v) is 8.54. The van der Waals surface area contributed by atoms with Crippen LogP contribution in [0, 0.1) is 10.8 Å². The highest BCUT2D eigenvalue weighted by Gasteiger charge is 2.69. The van der Waals surface area contributed by atoms with Gasteiger partial charge in [-0.25, -0.2) is 4.39 Å². The molecule has 7 nitrogen and oxygen atoms in total. The molecule has 10 rings (SSSR count). The van der Waals surface area contributed by atoms with Crippen molar-refractivity contribution in [2.45, 2.75) is 107 Å². The normalized spacial score (nSPS) is 32.7. The van der Waals surface area contributed by atoms with E-state index in [4.69, 9.17) is 9.51 Å². The quantitative estimate of drug-likeness (QED) is 0.242. The summed E-state index contributed by atoms with van der Waals surface area (Å²) in [5, 5.41) is 8.17. The zero-order valence-electron chi connectivity index (χ0n) is 24.0. The number of benzene rings is 1. The number of nitrogens with zero attached hydrogens (tertiary/aromatic N) is 5. The Balaban J connectivity index is 1.04. The van der Waals surface area contributed by atoms with Crippen LogP contribution < -0.4 is 4.90 Å². The van der Waals surface area contributed by atoms with E-state index in [1.807, 2.05) is 29.2 Å². The second-order valence-electron chi connectivity index (χ2n) is 14.4. The number of alkyl halides is 4. The first-order valence-electron chi connectivity index (χ1n) is 15.5. The van der Waals surface area contributed by atoms with Crippen molar-refractivity contribution in [3.05, 3.63) is 48.4 Å². The van der Waals surface area contributed by atoms with Crippen molar-refractivity contribution in [2.24, 2.45) is 10.8 Å². The molecular formula is C32H35F4N5O2. The van der Waals surface area contributed by atoms with Gasteiger partial charge in [0.2, 0.25) is 11.8 Å². The summed E-state index contributed by atoms with van der Waals surface area (Å²) in [6.45, 7) is -0.600. The van der Waals surface area contributed by atoms with Gasteiger partial charge in [0.25, 0.3) is 0 Å². The van der Waals surface area contributed by atoms with Gasteiger partial charge in [0.1, 0.15) is 12.2 Å². The first-order chi connectivity index (χ1) is 20.4. The molecule has 1 aromatic carbocycles. The Morgan fingerprint density at radius 3 is 2.40 bits per heavy atom. The lowest BCUT2D eigenvalue weighted by atomic mass is 9.41. The number of carbonyl (C=O) groups is 1. The van der Waals surface area contributed by atoms with Crippen molar-refractivity contribution in [3.63, 3.8) is 0 Å². The SMILES string of the molecule is O=C(CC12CC(F)(C1)C2)N(CC12CCC(c3nc(C4CC4)no3)(CC1)CC2)c1cccc(-c2cnn(CC(F)(F)F)c2)c1. The second kappa shape index (κ2) is 9.14. The molecule has 7 fully saturated rings. The Bertz CT molecular complexity index is 1530. The van der Waals surface area contributed by atoms with E-state index in [9.17, 15) is 22.4 Å². The molecule has 0 aliphatic heterocycles. The fraction of sp³-hybridized carbons (Fsp3) is 0.625. The molecule has 0 spiro atoms. The van der Waals surface area contributed by atoms with Gasteiger partial charge in [-0.15, -0.1) is 0 Å². The lowest BCUT2D eigenvalue weighted by Gasteiger charge is -2.66. The molecule has 0 unspecified atom stereocenters. The van der Waals surface area contributed by atoms with Crippen LogP contribution in [0.25, 0.3) is 11.1 Å². The molecule has 228 valence electrons. The van der Waals surface area contributed by atoms with E-state index in [1.165, 1.54) is 12.4 Å². The van der Waals surface area contributed by atoms with Gasteiger partial charge in [0.15, 0.2) is 5.82 Å². The molecule has 7 aliphatic rings. The smallest absolute Gasteiger partial charge is 0.339 e. The summed E-state index contributed by atoms with van der Waals surface area (Å²) in [6.07, 6.45) is 8.04. The van der Waals surface area contributed by atoms with Gasteiger partial charge < -0.3 is 9.42 Å². The monoisotopic (exact) mass is 597 g/mol. The van der Waals surface area contributed by atoms with Crippen molar-refractivity contribution in [3.8, 4) is 11.1 Å². The average molecular weight is 598 g/mol. The first kappa shape index (κ1) is 27.3. The minimum Gasteiger partial charge on any atom is -0.339 e. The Labute approximate surface area is 247 Å². The fourth-order valence-electron chi connectivity index (χ4n) is 8.54. The molecule has 43 heavy (non-hydrogen) atoms. The lowest BCUT2D eigenvalue weighted by Crippen LogP contribution is -2.65. The lowest BCUT2D eigenvalue weighted by molar-refractivity contribution is -0.215. The molecule has 2 aromatic heterocycles. The molecule has 7 saturated carbocycles. The summed E-state index contributed by atoms with van der Waals surface area (Å²) in [7, 11) is 0. The van der Waals surface area contributed by atoms with Crippen LogP contribution >= 0.6 is 0 Å². The Morgan fingerprint density at radius 1 is 1.02 bits per heavy atom. The highest BCUT2D eigenvalue weighted by atomic mass is 19.4. The van der Waals surface area contributed by atoms with Gasteiger partial charge in [-0.05, 0) is 99.2 Å². The summed E-state index contributed by atoms with van der Waals surface area (Å²) in [6, 6.07) is 7.42. The van der Waals surface area contributed by atoms with Gasteiger partial charge in [-0.2, -0.15) is 23.3 Å². The molecule has 3 aromatic rings. The largest absolute Gasteiger partial charge is 0.408 e. The van der Waals surface area contributed by atoms with Gasteiger partial charge in [-0.3, -0.25) is 9.48 Å². The van der Waals surface area contributed by atoms with E-state index < -0.39 is 18.4 Å². The van der Waals surface area contributed by atoms with E-state index in [0.29, 0.717) is 49.3 Å². The highest BCUT2D eigenvalue weighted by Crippen LogP contribution is 2.71. The first-order valence-corrected chi connectivity index (χ1v) is 15.5. The number of aromatic nitrogens is 4. The van der Waals surface area contributed by atoms with Gasteiger partial charge in [-0.1, -0.05) is 17.3 Å². The third kappa shape index (κ3) is 4.86. The summed E-state index contributed by atoms with van der Waals surface area (Å²) >= 11 is 0. The standard InChI is InChI=1S/C32H35F4N5O2/c33-31-16-29(17-31,18-31)13-25(42)41(24-3-1-2-22(12-24)23-14-37-40(15-23)20-32(34,35)36)19-28-6-9-30(10-7-28,11-8-28)27-38-26(39-43-27)21-4-5-21/h1-3,12,14-15,21H,4-11,13,16-20H2. The number of rotatable bonds is 9. The molecule has 7 aliphatic carbocycles. The van der Waals surface area contributed by atoms with E-state index in [0.717, 1.165) is 73.5 Å². The number of fused-ring (bicyclic) bond motifs is 3. The topological polar surface area (TPSA) is 77.1 Å². The number of amides is 1. The molecule has 4 bridgehead atoms. The maximum absolute atomic E-state index is 14.3. The summed E-state index contributed by atoms with van der Waals surface area (Å²) < 4.78 is 59.8. The molecule has 2 heterocycles. The molecule has 0 atom stereocenters. The summed E-state index contributed by atoms with van der Waals surface area (Å²) in [4.78, 5) is 20.7. The van der Waals surface area contributed by atoms with Crippen LogP contribution in [-0.4, -0.2) is 44.2 Å². The van der Waals surface area contributed by atoms with Crippen molar-refractivity contribution >= 4 is 11.6 Å². The predicted molar refractivity (Wildman–Crippen MR) is 149 cm³/mol. The van der Waals surface area contributed by atoms with Gasteiger partial charge in [0.05, 0.1) is 6.20 Å². The van der Waals surface area contributed by atoms with E-state index in [2.05, 4.69) is 10.3 Å². The van der Waals surface area contributed by atoms with Crippen molar-refractivity contribution < 1.29 is 26.9 Å². The maximum Gasteiger partial charge on any atom is 0.408 e.